The average Bonchev–Trinajstić information content (AvgIpc) is 2.44. The first-order valence-corrected chi connectivity index (χ1v) is 11.5. The van der Waals surface area contributed by atoms with Gasteiger partial charge in [0.2, 0.25) is 0 Å². The fourth-order valence-corrected chi connectivity index (χ4v) is 9.91. The second-order valence-corrected chi connectivity index (χ2v) is 12.3. The molecule has 2 aliphatic heterocycles. The van der Waals surface area contributed by atoms with Gasteiger partial charge in [-0.15, -0.1) is 11.2 Å². The maximum absolute atomic E-state index is 2.59. The Hall–Kier alpha value is 0.0218. The summed E-state index contributed by atoms with van der Waals surface area (Å²) < 4.78 is 0. The molecule has 2 saturated heterocycles. The first kappa shape index (κ1) is 15.4. The Morgan fingerprint density at radius 1 is 0.947 bits per heavy atom. The third-order valence-corrected chi connectivity index (χ3v) is 12.5. The van der Waals surface area contributed by atoms with Crippen molar-refractivity contribution in [1.29, 1.82) is 0 Å². The molecule has 2 fully saturated rings. The summed E-state index contributed by atoms with van der Waals surface area (Å²) in [7, 11) is -1.14. The van der Waals surface area contributed by atoms with Crippen LogP contribution < -0.4 is 0 Å². The topological polar surface area (TPSA) is 0 Å². The lowest BCUT2D eigenvalue weighted by molar-refractivity contribution is 0.446. The number of hydrogen-bond acceptors (Lipinski definition) is 0. The van der Waals surface area contributed by atoms with Crippen LogP contribution in [0, 0.1) is 0 Å². The van der Waals surface area contributed by atoms with Crippen molar-refractivity contribution in [1.82, 2.24) is 0 Å². The minimum Gasteiger partial charge on any atom is -0.114 e. The molecule has 0 aliphatic carbocycles. The highest BCUT2D eigenvalue weighted by molar-refractivity contribution is 7.01. The van der Waals surface area contributed by atoms with Crippen molar-refractivity contribution in [2.24, 2.45) is 0 Å². The van der Waals surface area contributed by atoms with Gasteiger partial charge in [-0.1, -0.05) is 89.1 Å². The minimum atomic E-state index is -1.14. The van der Waals surface area contributed by atoms with Gasteiger partial charge in [0, 0.05) is 0 Å². The summed E-state index contributed by atoms with van der Waals surface area (Å²) >= 11 is 0. The zero-order valence-electron chi connectivity index (χ0n) is 13.7. The number of rotatable bonds is 5. The molecule has 0 aromatic carbocycles. The van der Waals surface area contributed by atoms with E-state index in [1.54, 1.807) is 0 Å². The molecule has 0 aromatic heterocycles. The van der Waals surface area contributed by atoms with E-state index < -0.39 is 8.07 Å². The van der Waals surface area contributed by atoms with Gasteiger partial charge in [-0.3, -0.25) is 0 Å². The Labute approximate surface area is 122 Å². The summed E-state index contributed by atoms with van der Waals surface area (Å²) in [6, 6.07) is 4.40. The molecule has 0 amide bonds. The molecule has 108 valence electrons. The van der Waals surface area contributed by atoms with Gasteiger partial charge in [-0.2, -0.15) is 0 Å². The molecule has 0 unspecified atom stereocenters. The van der Waals surface area contributed by atoms with E-state index in [1.807, 2.05) is 5.10 Å². The Balaban J connectivity index is 2.30. The normalized spacial score (nSPS) is 28.6. The molecular formula is C17H33BSi. The minimum absolute atomic E-state index is 0.999. The maximum atomic E-state index is 2.59. The van der Waals surface area contributed by atoms with Crippen molar-refractivity contribution in [3.05, 3.63) is 11.2 Å². The Kier molecular flexibility index (Phi) is 5.39. The van der Waals surface area contributed by atoms with Gasteiger partial charge in [0.25, 0.3) is 0 Å². The first-order chi connectivity index (χ1) is 9.22. The Morgan fingerprint density at radius 3 is 1.68 bits per heavy atom. The second-order valence-electron chi connectivity index (χ2n) is 6.99. The van der Waals surface area contributed by atoms with E-state index >= 15 is 0 Å². The number of fused-ring (bicyclic) bond motifs is 2. The smallest absolute Gasteiger partial charge is 0.114 e. The molecule has 0 nitrogen and oxygen atoms in total. The molecule has 2 bridgehead atoms. The van der Waals surface area contributed by atoms with Crippen LogP contribution in [0.3, 0.4) is 0 Å². The molecular weight excluding hydrogens is 243 g/mol. The van der Waals surface area contributed by atoms with Gasteiger partial charge in [0.15, 0.2) is 6.71 Å². The molecule has 0 aromatic rings. The van der Waals surface area contributed by atoms with Crippen LogP contribution in [0.5, 0.6) is 0 Å². The van der Waals surface area contributed by atoms with Crippen molar-refractivity contribution in [2.45, 2.75) is 96.0 Å². The third kappa shape index (κ3) is 2.75. The fraction of sp³-hybridized carbons (Fsp3) is 0.882. The van der Waals surface area contributed by atoms with Crippen LogP contribution >= 0.6 is 0 Å². The van der Waals surface area contributed by atoms with Crippen LogP contribution in [0.25, 0.3) is 0 Å². The molecule has 0 spiro atoms. The summed E-state index contributed by atoms with van der Waals surface area (Å²) in [6.07, 6.45) is 11.7. The van der Waals surface area contributed by atoms with Gasteiger partial charge in [-0.05, 0) is 6.92 Å². The van der Waals surface area contributed by atoms with E-state index in [4.69, 9.17) is 0 Å². The summed E-state index contributed by atoms with van der Waals surface area (Å²) in [5, 5.41) is 1.99. The van der Waals surface area contributed by atoms with Crippen LogP contribution in [0.2, 0.25) is 29.8 Å². The van der Waals surface area contributed by atoms with Crippen molar-refractivity contribution < 1.29 is 0 Å². The monoisotopic (exact) mass is 276 g/mol. The predicted octanol–water partition coefficient (Wildman–Crippen LogP) is 6.12. The average molecular weight is 276 g/mol. The summed E-state index contributed by atoms with van der Waals surface area (Å²) in [5.74, 6) is 2.10. The predicted molar refractivity (Wildman–Crippen MR) is 91.9 cm³/mol. The van der Waals surface area contributed by atoms with Gasteiger partial charge in [-0.25, -0.2) is 0 Å². The lowest BCUT2D eigenvalue weighted by Gasteiger charge is -2.46. The standard InChI is InChI=1S/C17H33BSi/c1-5-17(19(6-2,7-3)8-4)18-15-11-9-12-16(18)14-10-13-15/h5,15-16H,6-14H2,1-4H3/b17-5-. The lowest BCUT2D eigenvalue weighted by atomic mass is 9.27. The van der Waals surface area contributed by atoms with Crippen LogP contribution in [0.4, 0.5) is 0 Å². The van der Waals surface area contributed by atoms with Crippen molar-refractivity contribution >= 4 is 14.8 Å². The summed E-state index contributed by atoms with van der Waals surface area (Å²) in [4.78, 5) is 0. The van der Waals surface area contributed by atoms with E-state index in [9.17, 15) is 0 Å². The highest BCUT2D eigenvalue weighted by atomic mass is 28.3. The summed E-state index contributed by atoms with van der Waals surface area (Å²) in [5.41, 5.74) is 0. The number of allylic oxidation sites excluding steroid dienone is 1. The Morgan fingerprint density at radius 2 is 1.37 bits per heavy atom. The molecule has 0 N–H and O–H groups in total. The molecule has 2 rings (SSSR count). The van der Waals surface area contributed by atoms with E-state index in [-0.39, 0.29) is 0 Å². The molecule has 0 radical (unpaired) electrons. The van der Waals surface area contributed by atoms with Gasteiger partial charge < -0.3 is 0 Å². The highest BCUT2D eigenvalue weighted by Gasteiger charge is 2.46. The van der Waals surface area contributed by atoms with E-state index in [1.165, 1.54) is 56.7 Å². The van der Waals surface area contributed by atoms with E-state index in [0.29, 0.717) is 0 Å². The Bertz CT molecular complexity index is 289. The second kappa shape index (κ2) is 6.65. The van der Waals surface area contributed by atoms with Crippen LogP contribution in [-0.4, -0.2) is 14.8 Å². The van der Waals surface area contributed by atoms with Crippen LogP contribution in [-0.2, 0) is 0 Å². The zero-order chi connectivity index (χ0) is 13.9. The SMILES string of the molecule is C/C=C(/B1C2CCCC1CCC2)[Si](CC)(CC)CC. The van der Waals surface area contributed by atoms with Crippen molar-refractivity contribution in [3.8, 4) is 0 Å². The van der Waals surface area contributed by atoms with Gasteiger partial charge in [0.1, 0.15) is 0 Å². The fourth-order valence-electron chi connectivity index (χ4n) is 5.40. The molecule has 19 heavy (non-hydrogen) atoms. The summed E-state index contributed by atoms with van der Waals surface area (Å²) in [6.45, 7) is 10.8. The zero-order valence-corrected chi connectivity index (χ0v) is 14.7. The van der Waals surface area contributed by atoms with Crippen molar-refractivity contribution in [3.63, 3.8) is 0 Å². The molecule has 2 heterocycles. The molecule has 0 atom stereocenters. The van der Waals surface area contributed by atoms with E-state index in [0.717, 1.165) is 18.3 Å². The third-order valence-electron chi connectivity index (χ3n) is 6.63. The van der Waals surface area contributed by atoms with E-state index in [2.05, 4.69) is 33.8 Å². The molecule has 2 aliphatic rings. The first-order valence-electron chi connectivity index (χ1n) is 8.89. The van der Waals surface area contributed by atoms with Crippen LogP contribution in [0.15, 0.2) is 11.2 Å². The maximum Gasteiger partial charge on any atom is 0.171 e. The molecule has 0 saturated carbocycles. The largest absolute Gasteiger partial charge is 0.171 e. The quantitative estimate of drug-likeness (QED) is 0.530. The highest BCUT2D eigenvalue weighted by Crippen LogP contribution is 2.51. The van der Waals surface area contributed by atoms with Gasteiger partial charge >= 0.3 is 0 Å². The molecule has 2 heteroatoms. The lowest BCUT2D eigenvalue weighted by Crippen LogP contribution is -2.48. The van der Waals surface area contributed by atoms with Crippen molar-refractivity contribution in [2.75, 3.05) is 0 Å². The van der Waals surface area contributed by atoms with Crippen LogP contribution in [0.1, 0.15) is 66.2 Å². The number of hydrogen-bond donors (Lipinski definition) is 0. The van der Waals surface area contributed by atoms with Gasteiger partial charge in [0.05, 0.1) is 8.07 Å².